The Morgan fingerprint density at radius 1 is 1.18 bits per heavy atom. The lowest BCUT2D eigenvalue weighted by atomic mass is 10.2. The largest absolute Gasteiger partial charge is 0.493 e. The van der Waals surface area contributed by atoms with Gasteiger partial charge in [-0.25, -0.2) is 0 Å². The van der Waals surface area contributed by atoms with Gasteiger partial charge < -0.3 is 14.8 Å². The van der Waals surface area contributed by atoms with Crippen LogP contribution < -0.4 is 14.8 Å². The second-order valence-corrected chi connectivity index (χ2v) is 3.99. The van der Waals surface area contributed by atoms with E-state index >= 15 is 0 Å². The minimum Gasteiger partial charge on any atom is -0.493 e. The molecule has 0 aliphatic heterocycles. The second kappa shape index (κ2) is 7.96. The van der Waals surface area contributed by atoms with E-state index in [1.807, 2.05) is 24.3 Å². The summed E-state index contributed by atoms with van der Waals surface area (Å²) in [5.74, 6) is 1.62. The molecule has 0 aromatic heterocycles. The number of benzene rings is 1. The van der Waals surface area contributed by atoms with Crippen molar-refractivity contribution in [3.8, 4) is 11.5 Å². The van der Waals surface area contributed by atoms with Gasteiger partial charge in [0.1, 0.15) is 6.10 Å². The molecule has 0 aliphatic carbocycles. The SMILES string of the molecule is CCCC(CNCC)Oc1ccccc1OC. The first-order chi connectivity index (χ1) is 8.31. The van der Waals surface area contributed by atoms with E-state index < -0.39 is 0 Å². The lowest BCUT2D eigenvalue weighted by molar-refractivity contribution is 0.180. The van der Waals surface area contributed by atoms with Crippen molar-refractivity contribution in [1.29, 1.82) is 0 Å². The number of nitrogens with one attached hydrogen (secondary N) is 1. The van der Waals surface area contributed by atoms with Gasteiger partial charge in [0.15, 0.2) is 11.5 Å². The molecule has 1 aromatic carbocycles. The van der Waals surface area contributed by atoms with Crippen molar-refractivity contribution in [1.82, 2.24) is 5.32 Å². The zero-order valence-electron chi connectivity index (χ0n) is 11.0. The minimum absolute atomic E-state index is 0.205. The van der Waals surface area contributed by atoms with E-state index in [1.54, 1.807) is 7.11 Å². The Balaban J connectivity index is 2.63. The highest BCUT2D eigenvalue weighted by molar-refractivity contribution is 5.39. The second-order valence-electron chi connectivity index (χ2n) is 3.99. The summed E-state index contributed by atoms with van der Waals surface area (Å²) in [6.07, 6.45) is 2.37. The lowest BCUT2D eigenvalue weighted by Gasteiger charge is -2.20. The van der Waals surface area contributed by atoms with Crippen molar-refractivity contribution >= 4 is 0 Å². The molecule has 0 radical (unpaired) electrons. The summed E-state index contributed by atoms with van der Waals surface area (Å²) in [4.78, 5) is 0. The summed E-state index contributed by atoms with van der Waals surface area (Å²) in [7, 11) is 1.67. The molecule has 0 bridgehead atoms. The summed E-state index contributed by atoms with van der Waals surface area (Å²) >= 11 is 0. The maximum Gasteiger partial charge on any atom is 0.161 e. The Bertz CT molecular complexity index is 315. The average molecular weight is 237 g/mol. The van der Waals surface area contributed by atoms with Crippen LogP contribution in [-0.2, 0) is 0 Å². The molecule has 0 saturated heterocycles. The highest BCUT2D eigenvalue weighted by Gasteiger charge is 2.11. The van der Waals surface area contributed by atoms with E-state index in [0.717, 1.165) is 37.4 Å². The van der Waals surface area contributed by atoms with Crippen molar-refractivity contribution < 1.29 is 9.47 Å². The fraction of sp³-hybridized carbons (Fsp3) is 0.571. The van der Waals surface area contributed by atoms with Gasteiger partial charge in [0.2, 0.25) is 0 Å². The number of hydrogen-bond acceptors (Lipinski definition) is 3. The molecule has 1 unspecified atom stereocenters. The number of rotatable bonds is 8. The Kier molecular flexibility index (Phi) is 6.48. The van der Waals surface area contributed by atoms with Gasteiger partial charge in [0.05, 0.1) is 7.11 Å². The molecule has 0 fully saturated rings. The molecule has 1 N–H and O–H groups in total. The molecule has 0 amide bonds. The third kappa shape index (κ3) is 4.65. The van der Waals surface area contributed by atoms with Gasteiger partial charge in [-0.15, -0.1) is 0 Å². The predicted octanol–water partition coefficient (Wildman–Crippen LogP) is 2.85. The van der Waals surface area contributed by atoms with E-state index in [0.29, 0.717) is 0 Å². The Morgan fingerprint density at radius 3 is 2.47 bits per heavy atom. The van der Waals surface area contributed by atoms with Crippen LogP contribution in [0.2, 0.25) is 0 Å². The van der Waals surface area contributed by atoms with Gasteiger partial charge in [-0.3, -0.25) is 0 Å². The van der Waals surface area contributed by atoms with Crippen LogP contribution in [0.4, 0.5) is 0 Å². The van der Waals surface area contributed by atoms with Crippen molar-refractivity contribution in [2.45, 2.75) is 32.8 Å². The first-order valence-electron chi connectivity index (χ1n) is 6.32. The molecule has 3 nitrogen and oxygen atoms in total. The van der Waals surface area contributed by atoms with Crippen LogP contribution in [0, 0.1) is 0 Å². The summed E-state index contributed by atoms with van der Waals surface area (Å²) in [6, 6.07) is 7.79. The molecule has 0 aliphatic rings. The van der Waals surface area contributed by atoms with E-state index in [9.17, 15) is 0 Å². The third-order valence-electron chi connectivity index (χ3n) is 2.60. The van der Waals surface area contributed by atoms with Crippen molar-refractivity contribution in [2.75, 3.05) is 20.2 Å². The van der Waals surface area contributed by atoms with E-state index in [1.165, 1.54) is 0 Å². The maximum absolute atomic E-state index is 5.99. The topological polar surface area (TPSA) is 30.5 Å². The van der Waals surface area contributed by atoms with Gasteiger partial charge in [-0.2, -0.15) is 0 Å². The monoisotopic (exact) mass is 237 g/mol. The lowest BCUT2D eigenvalue weighted by Crippen LogP contribution is -2.31. The molecule has 1 atom stereocenters. The summed E-state index contributed by atoms with van der Waals surface area (Å²) < 4.78 is 11.3. The van der Waals surface area contributed by atoms with E-state index in [-0.39, 0.29) is 6.10 Å². The zero-order chi connectivity index (χ0) is 12.5. The number of ether oxygens (including phenoxy) is 2. The quantitative estimate of drug-likeness (QED) is 0.754. The van der Waals surface area contributed by atoms with Crippen LogP contribution in [0.5, 0.6) is 11.5 Å². The molecular formula is C14H23NO2. The van der Waals surface area contributed by atoms with Gasteiger partial charge in [-0.1, -0.05) is 32.4 Å². The van der Waals surface area contributed by atoms with Crippen molar-refractivity contribution in [2.24, 2.45) is 0 Å². The predicted molar refractivity (Wildman–Crippen MR) is 70.9 cm³/mol. The first-order valence-corrected chi connectivity index (χ1v) is 6.32. The smallest absolute Gasteiger partial charge is 0.161 e. The van der Waals surface area contributed by atoms with Gasteiger partial charge in [0.25, 0.3) is 0 Å². The number of hydrogen-bond donors (Lipinski definition) is 1. The summed E-state index contributed by atoms with van der Waals surface area (Å²) in [5.41, 5.74) is 0. The van der Waals surface area contributed by atoms with Crippen LogP contribution in [0.15, 0.2) is 24.3 Å². The molecule has 1 rings (SSSR count). The molecular weight excluding hydrogens is 214 g/mol. The molecule has 0 spiro atoms. The maximum atomic E-state index is 5.99. The highest BCUT2D eigenvalue weighted by Crippen LogP contribution is 2.27. The van der Waals surface area contributed by atoms with Crippen molar-refractivity contribution in [3.05, 3.63) is 24.3 Å². The normalized spacial score (nSPS) is 12.2. The van der Waals surface area contributed by atoms with Crippen molar-refractivity contribution in [3.63, 3.8) is 0 Å². The van der Waals surface area contributed by atoms with Gasteiger partial charge >= 0.3 is 0 Å². The number of para-hydroxylation sites is 2. The van der Waals surface area contributed by atoms with Gasteiger partial charge in [-0.05, 0) is 25.1 Å². The fourth-order valence-electron chi connectivity index (χ4n) is 1.73. The minimum atomic E-state index is 0.205. The molecule has 0 heterocycles. The standard InChI is InChI=1S/C14H23NO2/c1-4-8-12(11-15-5-2)17-14-10-7-6-9-13(14)16-3/h6-7,9-10,12,15H,4-5,8,11H2,1-3H3. The summed E-state index contributed by atoms with van der Waals surface area (Å²) in [6.45, 7) is 6.12. The Hall–Kier alpha value is -1.22. The van der Waals surface area contributed by atoms with Crippen LogP contribution in [0.25, 0.3) is 0 Å². The van der Waals surface area contributed by atoms with Crippen LogP contribution in [-0.4, -0.2) is 26.3 Å². The Morgan fingerprint density at radius 2 is 1.88 bits per heavy atom. The molecule has 17 heavy (non-hydrogen) atoms. The average Bonchev–Trinajstić information content (AvgIpc) is 2.37. The van der Waals surface area contributed by atoms with E-state index in [4.69, 9.17) is 9.47 Å². The van der Waals surface area contributed by atoms with Crippen LogP contribution in [0.1, 0.15) is 26.7 Å². The Labute approximate surface area is 104 Å². The fourth-order valence-corrected chi connectivity index (χ4v) is 1.73. The van der Waals surface area contributed by atoms with Crippen LogP contribution in [0.3, 0.4) is 0 Å². The van der Waals surface area contributed by atoms with E-state index in [2.05, 4.69) is 19.2 Å². The highest BCUT2D eigenvalue weighted by atomic mass is 16.5. The molecule has 1 aromatic rings. The number of likely N-dealkylation sites (N-methyl/N-ethyl adjacent to an activating group) is 1. The first kappa shape index (κ1) is 13.8. The molecule has 3 heteroatoms. The van der Waals surface area contributed by atoms with Crippen LogP contribution >= 0.6 is 0 Å². The molecule has 0 saturated carbocycles. The molecule has 96 valence electrons. The zero-order valence-corrected chi connectivity index (χ0v) is 11.0. The van der Waals surface area contributed by atoms with Gasteiger partial charge in [0, 0.05) is 6.54 Å². The number of methoxy groups -OCH3 is 1. The summed E-state index contributed by atoms with van der Waals surface area (Å²) in [5, 5.41) is 3.33. The third-order valence-corrected chi connectivity index (χ3v) is 2.60.